The fourth-order valence-electron chi connectivity index (χ4n) is 2.55. The molecule has 2 N–H and O–H groups in total. The summed E-state index contributed by atoms with van der Waals surface area (Å²) in [7, 11) is 0. The maximum atomic E-state index is 12.1. The molecule has 0 bridgehead atoms. The van der Waals surface area contributed by atoms with Crippen molar-refractivity contribution in [3.05, 3.63) is 65.1 Å². The Kier molecular flexibility index (Phi) is 3.16. The van der Waals surface area contributed by atoms with Gasteiger partial charge in [-0.05, 0) is 41.5 Å². The third-order valence-corrected chi connectivity index (χ3v) is 3.73. The normalized spacial score (nSPS) is 17.5. The van der Waals surface area contributed by atoms with Crippen LogP contribution in [0.3, 0.4) is 0 Å². The van der Waals surface area contributed by atoms with E-state index in [2.05, 4.69) is 0 Å². The molecule has 2 aliphatic rings. The van der Waals surface area contributed by atoms with Gasteiger partial charge in [0.25, 0.3) is 0 Å². The van der Waals surface area contributed by atoms with Crippen molar-refractivity contribution in [2.75, 3.05) is 6.79 Å². The number of phenolic OH excluding ortho intramolecular Hbond substituents is 1. The van der Waals surface area contributed by atoms with Crippen LogP contribution in [-0.4, -0.2) is 23.0 Å². The van der Waals surface area contributed by atoms with E-state index in [1.165, 1.54) is 18.2 Å². The lowest BCUT2D eigenvalue weighted by atomic mass is 10.0. The van der Waals surface area contributed by atoms with E-state index in [0.29, 0.717) is 22.6 Å². The lowest BCUT2D eigenvalue weighted by Crippen LogP contribution is -1.98. The van der Waals surface area contributed by atoms with Crippen molar-refractivity contribution in [2.24, 2.45) is 0 Å². The van der Waals surface area contributed by atoms with Crippen molar-refractivity contribution in [1.82, 2.24) is 0 Å². The van der Waals surface area contributed by atoms with Crippen LogP contribution in [0.5, 0.6) is 17.2 Å². The second-order valence-electron chi connectivity index (χ2n) is 5.28. The van der Waals surface area contributed by atoms with Crippen LogP contribution in [0, 0.1) is 0 Å². The maximum absolute atomic E-state index is 12.1. The Labute approximate surface area is 136 Å². The van der Waals surface area contributed by atoms with E-state index in [4.69, 9.17) is 14.2 Å². The van der Waals surface area contributed by atoms with Gasteiger partial charge in [-0.15, -0.1) is 0 Å². The van der Waals surface area contributed by atoms with Gasteiger partial charge in [-0.1, -0.05) is 18.2 Å². The first-order valence-electron chi connectivity index (χ1n) is 7.18. The number of ether oxygens (including phenoxy) is 3. The molecule has 0 saturated carbocycles. The molecule has 6 heteroatoms. The average Bonchev–Trinajstić information content (AvgIpc) is 3.14. The Balaban J connectivity index is 1.73. The first-order valence-corrected chi connectivity index (χ1v) is 7.18. The van der Waals surface area contributed by atoms with E-state index >= 15 is 0 Å². The average molecular weight is 324 g/mol. The maximum Gasteiger partial charge on any atom is 0.348 e. The molecule has 0 aromatic heterocycles. The Morgan fingerprint density at radius 2 is 1.71 bits per heavy atom. The van der Waals surface area contributed by atoms with Gasteiger partial charge in [0.05, 0.1) is 0 Å². The summed E-state index contributed by atoms with van der Waals surface area (Å²) in [6, 6.07) is 11.2. The monoisotopic (exact) mass is 324 g/mol. The molecule has 0 atom stereocenters. The van der Waals surface area contributed by atoms with Gasteiger partial charge in [0, 0.05) is 0 Å². The summed E-state index contributed by atoms with van der Waals surface area (Å²) in [6.07, 6.45) is 1.52. The molecule has 0 spiro atoms. The van der Waals surface area contributed by atoms with Crippen LogP contribution in [0.4, 0.5) is 0 Å². The number of aliphatic hydroxyl groups is 1. The number of carbonyl (C=O) groups excluding carboxylic acids is 1. The van der Waals surface area contributed by atoms with Crippen molar-refractivity contribution in [1.29, 1.82) is 0 Å². The topological polar surface area (TPSA) is 85.2 Å². The predicted octanol–water partition coefficient (Wildman–Crippen LogP) is 2.99. The summed E-state index contributed by atoms with van der Waals surface area (Å²) >= 11 is 0. The highest BCUT2D eigenvalue weighted by molar-refractivity contribution is 6.21. The van der Waals surface area contributed by atoms with Gasteiger partial charge in [-0.3, -0.25) is 0 Å². The first kappa shape index (κ1) is 14.2. The lowest BCUT2D eigenvalue weighted by molar-refractivity contribution is -0.131. The summed E-state index contributed by atoms with van der Waals surface area (Å²) < 4.78 is 15.7. The van der Waals surface area contributed by atoms with E-state index in [1.54, 1.807) is 30.3 Å². The zero-order valence-electron chi connectivity index (χ0n) is 12.4. The fraction of sp³-hybridized carbons (Fsp3) is 0.0556. The summed E-state index contributed by atoms with van der Waals surface area (Å²) in [4.78, 5) is 12.1. The number of hydrogen-bond donors (Lipinski definition) is 2. The number of phenols is 1. The Bertz CT molecular complexity index is 892. The second kappa shape index (κ2) is 5.34. The van der Waals surface area contributed by atoms with Crippen LogP contribution < -0.4 is 9.47 Å². The minimum absolute atomic E-state index is 0.0540. The number of hydrogen-bond acceptors (Lipinski definition) is 6. The number of aromatic hydroxyl groups is 1. The molecule has 0 amide bonds. The van der Waals surface area contributed by atoms with Crippen LogP contribution in [-0.2, 0) is 9.53 Å². The number of benzene rings is 2. The summed E-state index contributed by atoms with van der Waals surface area (Å²) in [6.45, 7) is 0.125. The number of rotatable bonds is 2. The minimum atomic E-state index is -0.642. The van der Waals surface area contributed by atoms with Gasteiger partial charge in [0.15, 0.2) is 23.0 Å². The third-order valence-electron chi connectivity index (χ3n) is 3.73. The van der Waals surface area contributed by atoms with E-state index in [0.717, 1.165) is 0 Å². The van der Waals surface area contributed by atoms with Crippen molar-refractivity contribution in [3.8, 4) is 17.2 Å². The predicted molar refractivity (Wildman–Crippen MR) is 84.3 cm³/mol. The van der Waals surface area contributed by atoms with Gasteiger partial charge in [0.1, 0.15) is 11.3 Å². The molecule has 2 aromatic carbocycles. The lowest BCUT2D eigenvalue weighted by Gasteiger charge is -2.01. The highest BCUT2D eigenvalue weighted by Gasteiger charge is 2.32. The van der Waals surface area contributed by atoms with E-state index in [-0.39, 0.29) is 29.6 Å². The van der Waals surface area contributed by atoms with Gasteiger partial charge in [-0.25, -0.2) is 4.79 Å². The van der Waals surface area contributed by atoms with Crippen LogP contribution in [0.1, 0.15) is 11.1 Å². The molecule has 4 rings (SSSR count). The van der Waals surface area contributed by atoms with Crippen LogP contribution in [0.25, 0.3) is 11.6 Å². The third kappa shape index (κ3) is 2.34. The molecule has 2 aliphatic heterocycles. The highest BCUT2D eigenvalue weighted by Crippen LogP contribution is 2.38. The standard InChI is InChI=1S/C18H12O6/c19-12-4-1-10(2-5-12)7-15-17(20)16(18(21)24-15)11-3-6-13-14(8-11)23-9-22-13/h1-8,19-20H,9H2/b15-7-. The Morgan fingerprint density at radius 1 is 0.958 bits per heavy atom. The fourth-order valence-corrected chi connectivity index (χ4v) is 2.55. The van der Waals surface area contributed by atoms with Crippen molar-refractivity contribution in [2.45, 2.75) is 0 Å². The number of esters is 1. The zero-order valence-corrected chi connectivity index (χ0v) is 12.4. The Hall–Kier alpha value is -3.41. The molecule has 2 heterocycles. The first-order chi connectivity index (χ1) is 11.6. The number of fused-ring (bicyclic) bond motifs is 1. The molecule has 0 radical (unpaired) electrons. The van der Waals surface area contributed by atoms with Crippen molar-refractivity contribution in [3.63, 3.8) is 0 Å². The summed E-state index contributed by atoms with van der Waals surface area (Å²) in [5, 5.41) is 19.7. The van der Waals surface area contributed by atoms with E-state index < -0.39 is 5.97 Å². The second-order valence-corrected chi connectivity index (χ2v) is 5.28. The van der Waals surface area contributed by atoms with Crippen LogP contribution in [0.15, 0.2) is 54.0 Å². The summed E-state index contributed by atoms with van der Waals surface area (Å²) in [5.41, 5.74) is 1.23. The van der Waals surface area contributed by atoms with Gasteiger partial charge in [-0.2, -0.15) is 0 Å². The molecule has 0 fully saturated rings. The van der Waals surface area contributed by atoms with Gasteiger partial charge >= 0.3 is 5.97 Å². The molecule has 120 valence electrons. The molecule has 0 aliphatic carbocycles. The van der Waals surface area contributed by atoms with Gasteiger partial charge < -0.3 is 24.4 Å². The van der Waals surface area contributed by atoms with Gasteiger partial charge in [0.2, 0.25) is 6.79 Å². The van der Waals surface area contributed by atoms with Crippen molar-refractivity contribution < 1.29 is 29.2 Å². The zero-order chi connectivity index (χ0) is 16.7. The summed E-state index contributed by atoms with van der Waals surface area (Å²) in [5.74, 6) is 0.393. The molecule has 0 saturated heterocycles. The minimum Gasteiger partial charge on any atom is -0.508 e. The largest absolute Gasteiger partial charge is 0.508 e. The number of aliphatic hydroxyl groups excluding tert-OH is 1. The molecule has 2 aromatic rings. The molecule has 24 heavy (non-hydrogen) atoms. The quantitative estimate of drug-likeness (QED) is 0.826. The Morgan fingerprint density at radius 3 is 2.50 bits per heavy atom. The number of cyclic esters (lactones) is 1. The molecular formula is C18H12O6. The van der Waals surface area contributed by atoms with E-state index in [1.807, 2.05) is 0 Å². The molecular weight excluding hydrogens is 312 g/mol. The molecule has 6 nitrogen and oxygen atoms in total. The highest BCUT2D eigenvalue weighted by atomic mass is 16.7. The SMILES string of the molecule is O=C1O/C(=C\c2ccc(O)cc2)C(O)=C1c1ccc2c(c1)OCO2. The molecule has 0 unspecified atom stereocenters. The van der Waals surface area contributed by atoms with Crippen LogP contribution >= 0.6 is 0 Å². The van der Waals surface area contributed by atoms with E-state index in [9.17, 15) is 15.0 Å². The van der Waals surface area contributed by atoms with Crippen LogP contribution in [0.2, 0.25) is 0 Å². The van der Waals surface area contributed by atoms with Crippen molar-refractivity contribution >= 4 is 17.6 Å². The number of carbonyl (C=O) groups is 1. The smallest absolute Gasteiger partial charge is 0.348 e.